The lowest BCUT2D eigenvalue weighted by atomic mass is 10.1. The first-order valence-electron chi connectivity index (χ1n) is 12.5. The molecule has 2 heterocycles. The number of benzene rings is 1. The van der Waals surface area contributed by atoms with Gasteiger partial charge < -0.3 is 15.2 Å². The van der Waals surface area contributed by atoms with Gasteiger partial charge in [-0.25, -0.2) is 8.42 Å². The van der Waals surface area contributed by atoms with Crippen LogP contribution in [0.3, 0.4) is 0 Å². The number of aromatic nitrogens is 4. The van der Waals surface area contributed by atoms with Crippen LogP contribution in [0.25, 0.3) is 11.2 Å². The highest BCUT2D eigenvalue weighted by Crippen LogP contribution is 2.32. The summed E-state index contributed by atoms with van der Waals surface area (Å²) < 4.78 is 28.7. The van der Waals surface area contributed by atoms with E-state index in [2.05, 4.69) is 32.5 Å². The van der Waals surface area contributed by atoms with Gasteiger partial charge in [0.15, 0.2) is 11.2 Å². The van der Waals surface area contributed by atoms with Crippen LogP contribution in [0.4, 0.5) is 11.4 Å². The number of hydrogen-bond acceptors (Lipinski definition) is 7. The molecule has 0 bridgehead atoms. The van der Waals surface area contributed by atoms with E-state index in [-0.39, 0.29) is 52.1 Å². The van der Waals surface area contributed by atoms with Crippen LogP contribution >= 0.6 is 0 Å². The number of aryl methyl sites for hydroxylation is 1. The number of imidazole rings is 1. The third-order valence-corrected chi connectivity index (χ3v) is 7.73. The summed E-state index contributed by atoms with van der Waals surface area (Å²) in [5.41, 5.74) is 1.73. The second-order valence-corrected chi connectivity index (χ2v) is 11.9. The molecule has 2 fully saturated rings. The average molecular weight is 552 g/mol. The summed E-state index contributed by atoms with van der Waals surface area (Å²) in [4.78, 5) is 46.2. The van der Waals surface area contributed by atoms with Gasteiger partial charge in [-0.15, -0.1) is 0 Å². The molecule has 39 heavy (non-hydrogen) atoms. The molecule has 3 aromatic rings. The van der Waals surface area contributed by atoms with Gasteiger partial charge in [0, 0.05) is 56.2 Å². The summed E-state index contributed by atoms with van der Waals surface area (Å²) in [5, 5.41) is 5.57. The molecule has 2 N–H and O–H groups in total. The normalized spacial score (nSPS) is 15.6. The minimum absolute atomic E-state index is 0.0131. The van der Waals surface area contributed by atoms with Crippen LogP contribution in [0.5, 0.6) is 0 Å². The molecular formula is C26H29N7O5S. The molecule has 2 aliphatic rings. The molecule has 0 saturated heterocycles. The van der Waals surface area contributed by atoms with E-state index in [9.17, 15) is 22.8 Å². The number of hydrogen-bond donors (Lipinski definition) is 2. The highest BCUT2D eigenvalue weighted by molar-refractivity contribution is 7.90. The molecule has 0 radical (unpaired) electrons. The average Bonchev–Trinajstić information content (AvgIpc) is 3.78. The number of anilines is 2. The topological polar surface area (TPSA) is 149 Å². The molecule has 0 atom stereocenters. The van der Waals surface area contributed by atoms with E-state index in [0.29, 0.717) is 16.9 Å². The van der Waals surface area contributed by atoms with E-state index in [0.717, 1.165) is 31.9 Å². The number of sulfone groups is 1. The van der Waals surface area contributed by atoms with Gasteiger partial charge in [-0.2, -0.15) is 4.98 Å². The Labute approximate surface area is 224 Å². The van der Waals surface area contributed by atoms with Gasteiger partial charge in [0.2, 0.25) is 32.4 Å². The predicted molar refractivity (Wildman–Crippen MR) is 145 cm³/mol. The number of rotatable bonds is 6. The van der Waals surface area contributed by atoms with Gasteiger partial charge in [-0.05, 0) is 43.9 Å². The number of carbonyl (C=O) groups is 2. The number of nitrogens with one attached hydrogen (secondary N) is 2. The van der Waals surface area contributed by atoms with E-state index >= 15 is 0 Å². The van der Waals surface area contributed by atoms with Crippen LogP contribution < -0.4 is 21.8 Å². The van der Waals surface area contributed by atoms with Crippen molar-refractivity contribution in [3.63, 3.8) is 0 Å². The lowest BCUT2D eigenvalue weighted by molar-refractivity contribution is -0.118. The Hall–Kier alpha value is -4.18. The third kappa shape index (κ3) is 5.37. The van der Waals surface area contributed by atoms with Crippen LogP contribution in [-0.2, 0) is 40.1 Å². The fourth-order valence-corrected chi connectivity index (χ4v) is 5.25. The van der Waals surface area contributed by atoms with Crippen molar-refractivity contribution in [1.29, 1.82) is 0 Å². The lowest BCUT2D eigenvalue weighted by Gasteiger charge is -2.10. The molecule has 0 unspecified atom stereocenters. The van der Waals surface area contributed by atoms with Crippen molar-refractivity contribution in [2.75, 3.05) is 23.9 Å². The molecule has 2 saturated carbocycles. The third-order valence-electron chi connectivity index (χ3n) is 6.71. The summed E-state index contributed by atoms with van der Waals surface area (Å²) in [6.07, 6.45) is 4.48. The fraction of sp³-hybridized carbons (Fsp3) is 0.423. The monoisotopic (exact) mass is 551 g/mol. The van der Waals surface area contributed by atoms with Crippen LogP contribution in [0.2, 0.25) is 0 Å². The first-order valence-corrected chi connectivity index (χ1v) is 14.4. The molecule has 204 valence electrons. The maximum absolute atomic E-state index is 13.0. The van der Waals surface area contributed by atoms with E-state index in [1.807, 2.05) is 0 Å². The summed E-state index contributed by atoms with van der Waals surface area (Å²) in [6.45, 7) is 0.0416. The zero-order chi connectivity index (χ0) is 28.1. The standard InChI is InChI=1S/C26H29N7O5S/c1-27-25-32(3)24(36)20-21(30-26(31(20)2)39(4,37)38)33(25)11-5-6-15-12-18(28-22(34)16-7-8-16)14-19(13-15)29-23(35)17-9-10-17/h12-14,16-17H,7-11H2,1-4H3,(H,28,34)(H,29,35). The fourth-order valence-electron chi connectivity index (χ4n) is 4.41. The Morgan fingerprint density at radius 1 is 1.03 bits per heavy atom. The number of fused-ring (bicyclic) bond motifs is 1. The van der Waals surface area contributed by atoms with Crippen LogP contribution in [0.15, 0.2) is 33.1 Å². The highest BCUT2D eigenvalue weighted by atomic mass is 32.2. The van der Waals surface area contributed by atoms with Crippen molar-refractivity contribution in [2.24, 2.45) is 30.9 Å². The van der Waals surface area contributed by atoms with Crippen molar-refractivity contribution in [3.05, 3.63) is 39.7 Å². The Bertz CT molecular complexity index is 1780. The Kier molecular flexibility index (Phi) is 6.67. The minimum atomic E-state index is -3.70. The zero-order valence-corrected chi connectivity index (χ0v) is 22.9. The van der Waals surface area contributed by atoms with Crippen molar-refractivity contribution >= 4 is 44.2 Å². The van der Waals surface area contributed by atoms with Crippen LogP contribution in [0.1, 0.15) is 31.2 Å². The quantitative estimate of drug-likeness (QED) is 0.432. The summed E-state index contributed by atoms with van der Waals surface area (Å²) >= 11 is 0. The molecule has 2 amide bonds. The SMILES string of the molecule is CN=c1n(C)c(=O)c2c(nc(S(C)(=O)=O)n2C)n1CC#Cc1cc(NC(=O)C2CC2)cc(NC(=O)C2CC2)c1. The molecule has 0 aliphatic heterocycles. The van der Waals surface area contributed by atoms with Gasteiger partial charge in [0.05, 0.1) is 6.54 Å². The minimum Gasteiger partial charge on any atom is -0.326 e. The molecule has 2 aliphatic carbocycles. The van der Waals surface area contributed by atoms with Gasteiger partial charge in [-0.3, -0.25) is 28.5 Å². The van der Waals surface area contributed by atoms with Gasteiger partial charge in [-0.1, -0.05) is 11.8 Å². The van der Waals surface area contributed by atoms with Crippen molar-refractivity contribution in [2.45, 2.75) is 37.4 Å². The van der Waals surface area contributed by atoms with Crippen LogP contribution in [-0.4, -0.2) is 52.2 Å². The molecule has 5 rings (SSSR count). The molecule has 2 aromatic heterocycles. The smallest absolute Gasteiger partial charge is 0.280 e. The lowest BCUT2D eigenvalue weighted by Crippen LogP contribution is -2.39. The zero-order valence-electron chi connectivity index (χ0n) is 22.1. The maximum Gasteiger partial charge on any atom is 0.280 e. The number of nitrogens with zero attached hydrogens (tertiary/aromatic N) is 5. The Morgan fingerprint density at radius 2 is 1.59 bits per heavy atom. The predicted octanol–water partition coefficient (Wildman–Crippen LogP) is 0.756. The molecular weight excluding hydrogens is 522 g/mol. The Balaban J connectivity index is 1.54. The highest BCUT2D eigenvalue weighted by Gasteiger charge is 2.31. The number of amides is 2. The van der Waals surface area contributed by atoms with E-state index in [1.54, 1.807) is 29.8 Å². The van der Waals surface area contributed by atoms with E-state index in [4.69, 9.17) is 0 Å². The first-order chi connectivity index (χ1) is 18.5. The first kappa shape index (κ1) is 26.4. The largest absolute Gasteiger partial charge is 0.326 e. The van der Waals surface area contributed by atoms with Gasteiger partial charge >= 0.3 is 0 Å². The second-order valence-electron chi connectivity index (χ2n) is 10.00. The second kappa shape index (κ2) is 9.85. The molecule has 0 spiro atoms. The number of carbonyl (C=O) groups excluding carboxylic acids is 2. The van der Waals surface area contributed by atoms with Crippen molar-refractivity contribution in [3.8, 4) is 11.8 Å². The molecule has 13 heteroatoms. The molecule has 12 nitrogen and oxygen atoms in total. The summed E-state index contributed by atoms with van der Waals surface area (Å²) in [5.74, 6) is 6.00. The Morgan fingerprint density at radius 3 is 2.08 bits per heavy atom. The summed E-state index contributed by atoms with van der Waals surface area (Å²) in [7, 11) is 0.837. The van der Waals surface area contributed by atoms with Crippen molar-refractivity contribution in [1.82, 2.24) is 18.7 Å². The summed E-state index contributed by atoms with van der Waals surface area (Å²) in [6, 6.07) is 5.18. The van der Waals surface area contributed by atoms with E-state index in [1.165, 1.54) is 23.2 Å². The van der Waals surface area contributed by atoms with E-state index < -0.39 is 15.4 Å². The van der Waals surface area contributed by atoms with Crippen molar-refractivity contribution < 1.29 is 18.0 Å². The maximum atomic E-state index is 13.0. The van der Waals surface area contributed by atoms with Gasteiger partial charge in [0.25, 0.3) is 5.56 Å². The molecule has 1 aromatic carbocycles. The van der Waals surface area contributed by atoms with Gasteiger partial charge in [0.1, 0.15) is 0 Å². The van der Waals surface area contributed by atoms with Crippen LogP contribution in [0, 0.1) is 23.7 Å².